The van der Waals surface area contributed by atoms with E-state index in [4.69, 9.17) is 33.2 Å². The van der Waals surface area contributed by atoms with Crippen LogP contribution in [0.15, 0.2) is 12.2 Å². The van der Waals surface area contributed by atoms with E-state index in [1.54, 1.807) is 12.2 Å². The largest absolute Gasteiger partial charge is 0.509 e. The Morgan fingerprint density at radius 1 is 0.851 bits per heavy atom. The number of Topliss-reactive ketones (excluding diaryl/α,β-unsaturated/α-hetero) is 2. The summed E-state index contributed by atoms with van der Waals surface area (Å²) < 4.78 is 32.2. The van der Waals surface area contributed by atoms with Crippen LogP contribution in [-0.2, 0) is 47.3 Å². The molecular weight excluding hydrogens is 628 g/mol. The van der Waals surface area contributed by atoms with Crippen LogP contribution in [0.3, 0.4) is 0 Å². The molecule has 1 heterocycles. The van der Waals surface area contributed by atoms with Gasteiger partial charge in [-0.05, 0) is 62.7 Å². The molecule has 266 valence electrons. The van der Waals surface area contributed by atoms with Gasteiger partial charge in [0.05, 0.1) is 11.7 Å². The van der Waals surface area contributed by atoms with Gasteiger partial charge in [-0.1, -0.05) is 26.8 Å². The van der Waals surface area contributed by atoms with Gasteiger partial charge in [-0.15, -0.1) is 0 Å². The summed E-state index contributed by atoms with van der Waals surface area (Å²) in [5.74, 6) is -1.16. The van der Waals surface area contributed by atoms with Crippen LogP contribution in [0.25, 0.3) is 0 Å². The number of hydrogen-bond donors (Lipinski definition) is 1. The van der Waals surface area contributed by atoms with Gasteiger partial charge in [0.25, 0.3) is 0 Å². The first-order valence-corrected chi connectivity index (χ1v) is 19.7. The molecule has 0 aromatic rings. The van der Waals surface area contributed by atoms with Crippen molar-refractivity contribution >= 4 is 38.0 Å². The lowest BCUT2D eigenvalue weighted by Crippen LogP contribution is -2.43. The van der Waals surface area contributed by atoms with E-state index in [1.807, 2.05) is 0 Å². The van der Waals surface area contributed by atoms with Gasteiger partial charge in [-0.3, -0.25) is 19.2 Å². The highest BCUT2D eigenvalue weighted by atomic mass is 28.4. The van der Waals surface area contributed by atoms with Gasteiger partial charge in [0.15, 0.2) is 19.9 Å². The lowest BCUT2D eigenvalue weighted by molar-refractivity contribution is -0.146. The number of esters is 2. The maximum Gasteiger partial charge on any atom is 0.509 e. The average molecular weight is 683 g/mol. The Balaban J connectivity index is 0.000000202. The zero-order valence-corrected chi connectivity index (χ0v) is 30.0. The van der Waals surface area contributed by atoms with Crippen molar-refractivity contribution in [1.29, 1.82) is 0 Å². The molecule has 1 saturated heterocycles. The minimum absolute atomic E-state index is 0.0715. The Morgan fingerprint density at radius 2 is 1.49 bits per heavy atom. The Morgan fingerprint density at radius 3 is 2.02 bits per heavy atom. The maximum absolute atomic E-state index is 11.7. The monoisotopic (exact) mass is 682 g/mol. The van der Waals surface area contributed by atoms with Crippen molar-refractivity contribution in [1.82, 2.24) is 0 Å². The molecule has 0 aromatic carbocycles. The second-order valence-corrected chi connectivity index (χ2v) is 19.4. The van der Waals surface area contributed by atoms with Crippen molar-refractivity contribution in [3.05, 3.63) is 12.2 Å². The Labute approximate surface area is 279 Å². The summed E-state index contributed by atoms with van der Waals surface area (Å²) in [7, 11) is -1.68. The number of hydrogen-bond acceptors (Lipinski definition) is 12. The maximum atomic E-state index is 11.7. The van der Waals surface area contributed by atoms with Crippen LogP contribution < -0.4 is 0 Å². The van der Waals surface area contributed by atoms with Crippen LogP contribution in [0.5, 0.6) is 0 Å². The first-order chi connectivity index (χ1) is 21.9. The van der Waals surface area contributed by atoms with Gasteiger partial charge < -0.3 is 33.2 Å². The van der Waals surface area contributed by atoms with E-state index >= 15 is 0 Å². The summed E-state index contributed by atoms with van der Waals surface area (Å²) in [4.78, 5) is 55.7. The highest BCUT2D eigenvalue weighted by molar-refractivity contribution is 6.74. The van der Waals surface area contributed by atoms with E-state index < -0.39 is 26.7 Å². The van der Waals surface area contributed by atoms with Crippen molar-refractivity contribution in [2.45, 2.75) is 166 Å². The molecule has 0 bridgehead atoms. The Bertz CT molecular complexity index is 1140. The van der Waals surface area contributed by atoms with Crippen molar-refractivity contribution in [3.8, 4) is 0 Å². The first-order valence-electron chi connectivity index (χ1n) is 16.8. The Hall–Kier alpha value is -2.61. The molecule has 4 fully saturated rings. The van der Waals surface area contributed by atoms with Crippen LogP contribution >= 0.6 is 0 Å². The van der Waals surface area contributed by atoms with E-state index in [-0.39, 0.29) is 71.4 Å². The molecule has 1 aliphatic heterocycles. The van der Waals surface area contributed by atoms with Gasteiger partial charge in [-0.25, -0.2) is 4.79 Å². The van der Waals surface area contributed by atoms with E-state index in [9.17, 15) is 24.0 Å². The fourth-order valence-corrected chi connectivity index (χ4v) is 7.63. The standard InChI is InChI=1S/C14H18O6.C13H26O3Si.C7H10O3/c15-10-2-3-11(16)12(10)20-13(17)19-9-4-6-14(8-9)5-1-7-18-14;1-10(14)15-11-7-8-12(9-11)16-17(5,6)13(2,3)4;1-5(8)10-7-3-2-6(9)4-7/h9,12H,1-8H2;11-12H,7-9H2,1-6H3;2-3,6-7,9H,4H2,1H3/t9-,14+;11-,12+;6-,7+/m110/s1. The predicted octanol–water partition coefficient (Wildman–Crippen LogP) is 5.27. The van der Waals surface area contributed by atoms with Gasteiger partial charge in [0, 0.05) is 58.7 Å². The second kappa shape index (κ2) is 16.7. The summed E-state index contributed by atoms with van der Waals surface area (Å²) in [6, 6.07) is 0. The van der Waals surface area contributed by atoms with Gasteiger partial charge >= 0.3 is 18.1 Å². The van der Waals surface area contributed by atoms with Crippen molar-refractivity contribution < 1.29 is 57.2 Å². The minimum Gasteiger partial charge on any atom is -0.462 e. The lowest BCUT2D eigenvalue weighted by atomic mass is 9.99. The molecule has 0 aromatic heterocycles. The zero-order valence-electron chi connectivity index (χ0n) is 29.0. The van der Waals surface area contributed by atoms with E-state index in [2.05, 4.69) is 33.9 Å². The summed E-state index contributed by atoms with van der Waals surface area (Å²) in [5.41, 5.74) is -0.135. The molecule has 1 N–H and O–H groups in total. The fourth-order valence-electron chi connectivity index (χ4n) is 6.23. The summed E-state index contributed by atoms with van der Waals surface area (Å²) in [6.45, 7) is 14.9. The third kappa shape index (κ3) is 12.1. The first kappa shape index (κ1) is 38.8. The number of aliphatic hydroxyl groups excluding tert-OH is 1. The molecular formula is C34H54O12Si. The van der Waals surface area contributed by atoms with Crippen LogP contribution in [0.1, 0.15) is 105 Å². The molecule has 0 radical (unpaired) electrons. The number of carbonyl (C=O) groups is 5. The topological polar surface area (TPSA) is 161 Å². The highest BCUT2D eigenvalue weighted by Gasteiger charge is 2.45. The van der Waals surface area contributed by atoms with Crippen molar-refractivity contribution in [2.24, 2.45) is 0 Å². The molecule has 5 aliphatic rings. The molecule has 12 nitrogen and oxygen atoms in total. The minimum atomic E-state index is -1.68. The normalized spacial score (nSPS) is 30.4. The molecule has 13 heteroatoms. The van der Waals surface area contributed by atoms with Crippen molar-refractivity contribution in [2.75, 3.05) is 6.61 Å². The summed E-state index contributed by atoms with van der Waals surface area (Å²) >= 11 is 0. The van der Waals surface area contributed by atoms with E-state index in [0.29, 0.717) is 12.8 Å². The fraction of sp³-hybridized carbons (Fsp3) is 0.794. The summed E-state index contributed by atoms with van der Waals surface area (Å²) in [5, 5.41) is 9.18. The Kier molecular flexibility index (Phi) is 13.8. The second-order valence-electron chi connectivity index (χ2n) is 14.7. The van der Waals surface area contributed by atoms with Crippen molar-refractivity contribution in [3.63, 3.8) is 0 Å². The molecule has 0 amide bonds. The van der Waals surface area contributed by atoms with Gasteiger partial charge in [-0.2, -0.15) is 0 Å². The predicted molar refractivity (Wildman–Crippen MR) is 173 cm³/mol. The van der Waals surface area contributed by atoms with E-state index in [1.165, 1.54) is 13.8 Å². The molecule has 5 rings (SSSR count). The molecule has 47 heavy (non-hydrogen) atoms. The zero-order chi connectivity index (χ0) is 35.0. The smallest absolute Gasteiger partial charge is 0.462 e. The molecule has 4 aliphatic carbocycles. The SMILES string of the molecule is CC(=O)O[C@@H]1C=C[C@H](O)C1.CC(=O)O[C@@H]1CC[C@H](O[Si](C)(C)C(C)(C)C)C1.O=C(OC1C(=O)CCC1=O)O[C@@H]1CC[C@@]2(CCCO2)C1. The average Bonchev–Trinajstić information content (AvgIpc) is 3.79. The number of ketones is 2. The lowest BCUT2D eigenvalue weighted by Gasteiger charge is -2.38. The van der Waals surface area contributed by atoms with E-state index in [0.717, 1.165) is 51.6 Å². The van der Waals surface area contributed by atoms with Crippen LogP contribution in [-0.4, -0.2) is 91.9 Å². The number of ether oxygens (including phenoxy) is 5. The quantitative estimate of drug-likeness (QED) is 0.127. The van der Waals surface area contributed by atoms with Gasteiger partial charge in [0.1, 0.15) is 18.3 Å². The number of rotatable bonds is 6. The number of carbonyl (C=O) groups excluding carboxylic acids is 5. The third-order valence-corrected chi connectivity index (χ3v) is 14.2. The van der Waals surface area contributed by atoms with Crippen LogP contribution in [0.4, 0.5) is 4.79 Å². The van der Waals surface area contributed by atoms with Crippen LogP contribution in [0.2, 0.25) is 18.1 Å². The molecule has 6 atom stereocenters. The third-order valence-electron chi connectivity index (χ3n) is 9.66. The molecule has 3 saturated carbocycles. The van der Waals surface area contributed by atoms with Crippen LogP contribution in [0, 0.1) is 0 Å². The summed E-state index contributed by atoms with van der Waals surface area (Å²) in [6.07, 6.45) is 8.58. The molecule has 1 spiro atoms. The van der Waals surface area contributed by atoms with Gasteiger partial charge in [0.2, 0.25) is 6.10 Å². The molecule has 0 unspecified atom stereocenters. The highest BCUT2D eigenvalue weighted by Crippen LogP contribution is 2.42. The number of aliphatic hydroxyl groups is 1.